The van der Waals surface area contributed by atoms with Gasteiger partial charge in [0.1, 0.15) is 0 Å². The first-order valence-corrected chi connectivity index (χ1v) is 5.13. The second-order valence-corrected chi connectivity index (χ2v) is 4.24. The molecule has 2 unspecified atom stereocenters. The summed E-state index contributed by atoms with van der Waals surface area (Å²) in [5.74, 6) is -0.758. The van der Waals surface area contributed by atoms with Crippen LogP contribution in [0.4, 0.5) is 0 Å². The van der Waals surface area contributed by atoms with Crippen LogP contribution in [0, 0.1) is 0 Å². The van der Waals surface area contributed by atoms with Crippen molar-refractivity contribution in [2.45, 2.75) is 32.4 Å². The summed E-state index contributed by atoms with van der Waals surface area (Å²) in [5.41, 5.74) is 0. The van der Waals surface area contributed by atoms with E-state index in [9.17, 15) is 9.59 Å². The molecule has 0 bridgehead atoms. The van der Waals surface area contributed by atoms with Crippen molar-refractivity contribution in [3.8, 4) is 0 Å². The molecule has 0 aromatic heterocycles. The molecule has 1 saturated heterocycles. The number of carboxylic acids is 1. The van der Waals surface area contributed by atoms with Crippen LogP contribution in [0.5, 0.6) is 0 Å². The minimum absolute atomic E-state index is 0.0605. The molecule has 0 aromatic rings. The third-order valence-corrected chi connectivity index (χ3v) is 2.88. The molecule has 1 fully saturated rings. The molecule has 0 radical (unpaired) electrons. The number of hydrogen-bond donors (Lipinski definition) is 1. The maximum Gasteiger partial charge on any atom is 0.304 e. The second-order valence-electron chi connectivity index (χ2n) is 4.24. The van der Waals surface area contributed by atoms with Gasteiger partial charge in [0.05, 0.1) is 13.0 Å². The zero-order valence-electron chi connectivity index (χ0n) is 9.43. The lowest BCUT2D eigenvalue weighted by molar-refractivity contribution is -0.143. The molecule has 1 rings (SSSR count). The molecule has 86 valence electrons. The van der Waals surface area contributed by atoms with E-state index in [1.54, 1.807) is 11.9 Å². The summed E-state index contributed by atoms with van der Waals surface area (Å²) in [5, 5.41) is 8.70. The van der Waals surface area contributed by atoms with Crippen LogP contribution in [0.3, 0.4) is 0 Å². The van der Waals surface area contributed by atoms with Gasteiger partial charge >= 0.3 is 5.97 Å². The third-order valence-electron chi connectivity index (χ3n) is 2.88. The molecule has 1 aliphatic heterocycles. The number of amides is 1. The van der Waals surface area contributed by atoms with Crippen molar-refractivity contribution >= 4 is 11.9 Å². The molecule has 5 heteroatoms. The van der Waals surface area contributed by atoms with Crippen molar-refractivity contribution in [1.29, 1.82) is 0 Å². The highest BCUT2D eigenvalue weighted by atomic mass is 16.4. The van der Waals surface area contributed by atoms with Gasteiger partial charge in [-0.3, -0.25) is 14.5 Å². The molecular weight excluding hydrogens is 196 g/mol. The molecule has 1 amide bonds. The van der Waals surface area contributed by atoms with Crippen molar-refractivity contribution in [3.05, 3.63) is 0 Å². The van der Waals surface area contributed by atoms with Crippen LogP contribution in [-0.4, -0.2) is 59.0 Å². The fourth-order valence-electron chi connectivity index (χ4n) is 2.00. The van der Waals surface area contributed by atoms with Crippen molar-refractivity contribution in [2.24, 2.45) is 0 Å². The summed E-state index contributed by atoms with van der Waals surface area (Å²) in [6, 6.07) is 0.136. The minimum atomic E-state index is -0.818. The number of hydrogen-bond acceptors (Lipinski definition) is 3. The van der Waals surface area contributed by atoms with E-state index in [1.165, 1.54) is 0 Å². The van der Waals surface area contributed by atoms with Gasteiger partial charge in [0.2, 0.25) is 5.91 Å². The van der Waals surface area contributed by atoms with Crippen LogP contribution in [0.25, 0.3) is 0 Å². The smallest absolute Gasteiger partial charge is 0.304 e. The Kier molecular flexibility index (Phi) is 3.68. The fourth-order valence-corrected chi connectivity index (χ4v) is 2.00. The zero-order chi connectivity index (χ0) is 11.6. The normalized spacial score (nSPS) is 25.4. The highest BCUT2D eigenvalue weighted by Gasteiger charge is 2.30. The largest absolute Gasteiger partial charge is 0.481 e. The quantitative estimate of drug-likeness (QED) is 0.719. The first-order valence-electron chi connectivity index (χ1n) is 5.13. The topological polar surface area (TPSA) is 60.9 Å². The number of nitrogens with zero attached hydrogens (tertiary/aromatic N) is 2. The van der Waals surface area contributed by atoms with Crippen molar-refractivity contribution in [2.75, 3.05) is 20.1 Å². The summed E-state index contributed by atoms with van der Waals surface area (Å²) in [7, 11) is 1.78. The number of aliphatic carboxylic acids is 1. The van der Waals surface area contributed by atoms with Crippen molar-refractivity contribution < 1.29 is 14.7 Å². The lowest BCUT2D eigenvalue weighted by Crippen LogP contribution is -2.56. The Balaban J connectivity index is 2.61. The van der Waals surface area contributed by atoms with Gasteiger partial charge < -0.3 is 10.0 Å². The highest BCUT2D eigenvalue weighted by molar-refractivity contribution is 5.79. The maximum atomic E-state index is 11.5. The van der Waals surface area contributed by atoms with Crippen LogP contribution in [0.2, 0.25) is 0 Å². The fraction of sp³-hybridized carbons (Fsp3) is 0.800. The molecule has 2 atom stereocenters. The SMILES string of the molecule is CC(CC(=O)O)N1CC(=O)N(C)CC1C. The Morgan fingerprint density at radius 2 is 2.27 bits per heavy atom. The van der Waals surface area contributed by atoms with Gasteiger partial charge in [-0.2, -0.15) is 0 Å². The second kappa shape index (κ2) is 4.61. The van der Waals surface area contributed by atoms with Crippen LogP contribution in [0.15, 0.2) is 0 Å². The van der Waals surface area contributed by atoms with E-state index in [1.807, 2.05) is 18.7 Å². The first kappa shape index (κ1) is 12.0. The van der Waals surface area contributed by atoms with E-state index >= 15 is 0 Å². The molecule has 0 saturated carbocycles. The predicted molar refractivity (Wildman–Crippen MR) is 55.5 cm³/mol. The van der Waals surface area contributed by atoms with Crippen LogP contribution >= 0.6 is 0 Å². The summed E-state index contributed by atoms with van der Waals surface area (Å²) in [4.78, 5) is 25.7. The van der Waals surface area contributed by atoms with E-state index in [2.05, 4.69) is 0 Å². The molecule has 1 N–H and O–H groups in total. The summed E-state index contributed by atoms with van der Waals surface area (Å²) >= 11 is 0. The predicted octanol–water partition coefficient (Wildman–Crippen LogP) is 0.0121. The number of carbonyl (C=O) groups excluding carboxylic acids is 1. The lowest BCUT2D eigenvalue weighted by atomic mass is 10.1. The lowest BCUT2D eigenvalue weighted by Gasteiger charge is -2.40. The molecule has 15 heavy (non-hydrogen) atoms. The molecule has 5 nitrogen and oxygen atoms in total. The Bertz CT molecular complexity index is 267. The van der Waals surface area contributed by atoms with E-state index < -0.39 is 5.97 Å². The average Bonchev–Trinajstić information content (AvgIpc) is 2.09. The standard InChI is InChI=1S/C10H18N2O3/c1-7(4-10(14)15)12-6-9(13)11(3)5-8(12)2/h7-8H,4-6H2,1-3H3,(H,14,15). The Morgan fingerprint density at radius 1 is 1.67 bits per heavy atom. The van der Waals surface area contributed by atoms with Gasteiger partial charge in [-0.1, -0.05) is 0 Å². The minimum Gasteiger partial charge on any atom is -0.481 e. The van der Waals surface area contributed by atoms with E-state index in [0.717, 1.165) is 0 Å². The van der Waals surface area contributed by atoms with Crippen LogP contribution in [0.1, 0.15) is 20.3 Å². The Hall–Kier alpha value is -1.10. The zero-order valence-corrected chi connectivity index (χ0v) is 9.43. The monoisotopic (exact) mass is 214 g/mol. The number of likely N-dealkylation sites (N-methyl/N-ethyl adjacent to an activating group) is 1. The van der Waals surface area contributed by atoms with E-state index in [4.69, 9.17) is 5.11 Å². The average molecular weight is 214 g/mol. The number of carbonyl (C=O) groups is 2. The Labute approximate surface area is 89.7 Å². The summed E-state index contributed by atoms with van der Waals surface area (Å²) in [6.45, 7) is 4.86. The molecule has 0 spiro atoms. The van der Waals surface area contributed by atoms with Crippen LogP contribution in [-0.2, 0) is 9.59 Å². The third kappa shape index (κ3) is 2.92. The van der Waals surface area contributed by atoms with Crippen molar-refractivity contribution in [3.63, 3.8) is 0 Å². The molecular formula is C10H18N2O3. The molecule has 1 heterocycles. The van der Waals surface area contributed by atoms with Gasteiger partial charge in [-0.05, 0) is 13.8 Å². The van der Waals surface area contributed by atoms with Gasteiger partial charge in [-0.15, -0.1) is 0 Å². The van der Waals surface area contributed by atoms with Gasteiger partial charge in [0.25, 0.3) is 0 Å². The Morgan fingerprint density at radius 3 is 2.80 bits per heavy atom. The molecule has 0 aliphatic carbocycles. The maximum absolute atomic E-state index is 11.5. The number of carboxylic acid groups (broad SMARTS) is 1. The molecule has 1 aliphatic rings. The van der Waals surface area contributed by atoms with E-state index in [-0.39, 0.29) is 24.4 Å². The van der Waals surface area contributed by atoms with Gasteiger partial charge in [0, 0.05) is 25.7 Å². The van der Waals surface area contributed by atoms with Crippen LogP contribution < -0.4 is 0 Å². The van der Waals surface area contributed by atoms with Crippen molar-refractivity contribution in [1.82, 2.24) is 9.80 Å². The molecule has 0 aromatic carbocycles. The summed E-state index contributed by atoms with van der Waals surface area (Å²) in [6.07, 6.45) is 0.0847. The van der Waals surface area contributed by atoms with Gasteiger partial charge in [-0.25, -0.2) is 0 Å². The summed E-state index contributed by atoms with van der Waals surface area (Å²) < 4.78 is 0. The highest BCUT2D eigenvalue weighted by Crippen LogP contribution is 2.14. The van der Waals surface area contributed by atoms with Gasteiger partial charge in [0.15, 0.2) is 0 Å². The van der Waals surface area contributed by atoms with E-state index in [0.29, 0.717) is 13.1 Å². The number of rotatable bonds is 3. The number of piperazine rings is 1. The first-order chi connectivity index (χ1) is 6.91.